The predicted octanol–water partition coefficient (Wildman–Crippen LogP) is 4.41. The summed E-state index contributed by atoms with van der Waals surface area (Å²) >= 11 is 0. The van der Waals surface area contributed by atoms with E-state index in [1.54, 1.807) is 0 Å². The van der Waals surface area contributed by atoms with Crippen LogP contribution >= 0.6 is 0 Å². The van der Waals surface area contributed by atoms with Gasteiger partial charge in [-0.05, 0) is 60.6 Å². The van der Waals surface area contributed by atoms with Gasteiger partial charge in [-0.3, -0.25) is 0 Å². The zero-order valence-corrected chi connectivity index (χ0v) is 12.4. The molecule has 0 amide bonds. The molecule has 0 bridgehead atoms. The molecule has 1 N–H and O–H groups in total. The van der Waals surface area contributed by atoms with Gasteiger partial charge in [0.05, 0.1) is 12.5 Å². The van der Waals surface area contributed by atoms with E-state index in [0.717, 1.165) is 11.3 Å². The number of rotatable bonds is 4. The van der Waals surface area contributed by atoms with Gasteiger partial charge in [-0.2, -0.15) is 5.26 Å². The van der Waals surface area contributed by atoms with Crippen molar-refractivity contribution in [1.82, 2.24) is 0 Å². The van der Waals surface area contributed by atoms with Gasteiger partial charge in [0.15, 0.2) is 0 Å². The third kappa shape index (κ3) is 3.08. The van der Waals surface area contributed by atoms with Gasteiger partial charge in [-0.15, -0.1) is 0 Å². The first-order chi connectivity index (χ1) is 10.3. The summed E-state index contributed by atoms with van der Waals surface area (Å²) in [7, 11) is 0. The third-order valence-electron chi connectivity index (χ3n) is 4.24. The van der Waals surface area contributed by atoms with Crippen LogP contribution in [0.25, 0.3) is 0 Å². The van der Waals surface area contributed by atoms with Crippen molar-refractivity contribution in [2.45, 2.75) is 38.6 Å². The molecule has 2 aromatic rings. The van der Waals surface area contributed by atoms with Crippen LogP contribution in [-0.2, 0) is 19.3 Å². The Kier molecular flexibility index (Phi) is 3.92. The Morgan fingerprint density at radius 2 is 1.86 bits per heavy atom. The maximum atomic E-state index is 8.69. The van der Waals surface area contributed by atoms with Crippen molar-refractivity contribution in [2.75, 3.05) is 5.32 Å². The van der Waals surface area contributed by atoms with Gasteiger partial charge < -0.3 is 5.32 Å². The summed E-state index contributed by atoms with van der Waals surface area (Å²) in [5.74, 6) is 0. The monoisotopic (exact) mass is 276 g/mol. The molecule has 2 heteroatoms. The van der Waals surface area contributed by atoms with Gasteiger partial charge in [-0.25, -0.2) is 0 Å². The van der Waals surface area contributed by atoms with Crippen molar-refractivity contribution in [3.63, 3.8) is 0 Å². The molecule has 0 heterocycles. The minimum absolute atomic E-state index is 0.290. The Labute approximate surface area is 126 Å². The molecular weight excluding hydrogens is 256 g/mol. The fraction of sp³-hybridized carbons (Fsp3) is 0.316. The second-order valence-electron chi connectivity index (χ2n) is 5.78. The van der Waals surface area contributed by atoms with Gasteiger partial charge in [-0.1, -0.05) is 30.3 Å². The number of nitrogens with zero attached hydrogens (tertiary/aromatic N) is 1. The largest absolute Gasteiger partial charge is 0.379 e. The number of nitrogens with one attached hydrogen (secondary N) is 1. The topological polar surface area (TPSA) is 35.8 Å². The van der Waals surface area contributed by atoms with E-state index in [-0.39, 0.29) is 6.04 Å². The van der Waals surface area contributed by atoms with Gasteiger partial charge in [0.2, 0.25) is 0 Å². The summed E-state index contributed by atoms with van der Waals surface area (Å²) < 4.78 is 0. The second-order valence-corrected chi connectivity index (χ2v) is 5.78. The highest BCUT2D eigenvalue weighted by Gasteiger charge is 2.13. The van der Waals surface area contributed by atoms with Crippen molar-refractivity contribution < 1.29 is 0 Å². The first kappa shape index (κ1) is 13.7. The molecule has 0 fully saturated rings. The molecule has 21 heavy (non-hydrogen) atoms. The van der Waals surface area contributed by atoms with Crippen molar-refractivity contribution in [3.8, 4) is 6.07 Å². The second kappa shape index (κ2) is 6.01. The summed E-state index contributed by atoms with van der Waals surface area (Å²) in [5, 5.41) is 12.2. The van der Waals surface area contributed by atoms with E-state index >= 15 is 0 Å². The normalized spacial score (nSPS) is 14.3. The zero-order valence-electron chi connectivity index (χ0n) is 12.4. The first-order valence-corrected chi connectivity index (χ1v) is 7.60. The molecule has 0 radical (unpaired) electrons. The van der Waals surface area contributed by atoms with Crippen LogP contribution in [0.15, 0.2) is 42.5 Å². The predicted molar refractivity (Wildman–Crippen MR) is 86.3 cm³/mol. The molecule has 0 aromatic heterocycles. The molecule has 2 aromatic carbocycles. The lowest BCUT2D eigenvalue weighted by Crippen LogP contribution is -2.07. The molecule has 106 valence electrons. The van der Waals surface area contributed by atoms with Crippen molar-refractivity contribution in [2.24, 2.45) is 0 Å². The smallest absolute Gasteiger partial charge is 0.0669 e. The van der Waals surface area contributed by atoms with Gasteiger partial charge in [0, 0.05) is 11.7 Å². The molecule has 0 saturated heterocycles. The number of hydrogen-bond acceptors (Lipinski definition) is 2. The lowest BCUT2D eigenvalue weighted by Gasteiger charge is -2.17. The number of aryl methyl sites for hydroxylation is 2. The molecule has 0 saturated carbocycles. The zero-order chi connectivity index (χ0) is 14.7. The molecule has 1 atom stereocenters. The first-order valence-electron chi connectivity index (χ1n) is 7.60. The Morgan fingerprint density at radius 3 is 2.62 bits per heavy atom. The lowest BCUT2D eigenvalue weighted by molar-refractivity contribution is 0.879. The van der Waals surface area contributed by atoms with Crippen LogP contribution in [0.3, 0.4) is 0 Å². The molecule has 2 nitrogen and oxygen atoms in total. The Balaban J connectivity index is 1.71. The van der Waals surface area contributed by atoms with Crippen LogP contribution in [0.4, 0.5) is 5.69 Å². The minimum atomic E-state index is 0.290. The molecule has 0 spiro atoms. The highest BCUT2D eigenvalue weighted by molar-refractivity contribution is 5.48. The minimum Gasteiger partial charge on any atom is -0.379 e. The van der Waals surface area contributed by atoms with Crippen molar-refractivity contribution in [1.29, 1.82) is 5.26 Å². The van der Waals surface area contributed by atoms with Crippen LogP contribution in [-0.4, -0.2) is 0 Å². The SMILES string of the molecule is CC(Nc1ccc(CC#N)cc1)c1ccc2c(c1)CCC2. The van der Waals surface area contributed by atoms with E-state index in [0.29, 0.717) is 6.42 Å². The van der Waals surface area contributed by atoms with E-state index < -0.39 is 0 Å². The quantitative estimate of drug-likeness (QED) is 0.897. The summed E-state index contributed by atoms with van der Waals surface area (Å²) in [6, 6.07) is 17.5. The van der Waals surface area contributed by atoms with Crippen LogP contribution in [0.5, 0.6) is 0 Å². The summed E-state index contributed by atoms with van der Waals surface area (Å²) in [6.45, 7) is 2.19. The molecular formula is C19H20N2. The van der Waals surface area contributed by atoms with Crippen LogP contribution in [0, 0.1) is 11.3 Å². The van der Waals surface area contributed by atoms with E-state index in [9.17, 15) is 0 Å². The van der Waals surface area contributed by atoms with Crippen LogP contribution < -0.4 is 5.32 Å². The molecule has 1 unspecified atom stereocenters. The Hall–Kier alpha value is -2.27. The molecule has 0 aliphatic heterocycles. The third-order valence-corrected chi connectivity index (χ3v) is 4.24. The van der Waals surface area contributed by atoms with Gasteiger partial charge >= 0.3 is 0 Å². The number of benzene rings is 2. The number of fused-ring (bicyclic) bond motifs is 1. The molecule has 1 aliphatic rings. The lowest BCUT2D eigenvalue weighted by atomic mass is 10.0. The van der Waals surface area contributed by atoms with Crippen LogP contribution in [0.2, 0.25) is 0 Å². The summed E-state index contributed by atoms with van der Waals surface area (Å²) in [6.07, 6.45) is 4.22. The van der Waals surface area contributed by atoms with E-state index in [1.165, 1.54) is 36.0 Å². The Bertz CT molecular complexity index is 665. The highest BCUT2D eigenvalue weighted by atomic mass is 14.9. The van der Waals surface area contributed by atoms with E-state index in [2.05, 4.69) is 48.6 Å². The number of nitriles is 1. The average molecular weight is 276 g/mol. The maximum Gasteiger partial charge on any atom is 0.0669 e. The highest BCUT2D eigenvalue weighted by Crippen LogP contribution is 2.27. The molecule has 3 rings (SSSR count). The Morgan fingerprint density at radius 1 is 1.10 bits per heavy atom. The van der Waals surface area contributed by atoms with Crippen LogP contribution in [0.1, 0.15) is 41.6 Å². The fourth-order valence-corrected chi connectivity index (χ4v) is 3.00. The van der Waals surface area contributed by atoms with E-state index in [1.807, 2.05) is 12.1 Å². The average Bonchev–Trinajstić information content (AvgIpc) is 2.97. The molecule has 1 aliphatic carbocycles. The van der Waals surface area contributed by atoms with Gasteiger partial charge in [0.1, 0.15) is 0 Å². The number of anilines is 1. The van der Waals surface area contributed by atoms with Gasteiger partial charge in [0.25, 0.3) is 0 Å². The van der Waals surface area contributed by atoms with Crippen molar-refractivity contribution >= 4 is 5.69 Å². The summed E-state index contributed by atoms with van der Waals surface area (Å²) in [5.41, 5.74) is 6.55. The number of hydrogen-bond donors (Lipinski definition) is 1. The summed E-state index contributed by atoms with van der Waals surface area (Å²) in [4.78, 5) is 0. The van der Waals surface area contributed by atoms with Crippen molar-refractivity contribution in [3.05, 3.63) is 64.7 Å². The van der Waals surface area contributed by atoms with E-state index in [4.69, 9.17) is 5.26 Å². The standard InChI is InChI=1S/C19H20N2/c1-14(17-8-7-16-3-2-4-18(16)13-17)21-19-9-5-15(6-10-19)11-12-20/h5-10,13-14,21H,2-4,11H2,1H3. The maximum absolute atomic E-state index is 8.69. The fourth-order valence-electron chi connectivity index (χ4n) is 3.00.